The minimum Gasteiger partial charge on any atom is -0.455 e. The molecule has 1 unspecified atom stereocenters. The lowest BCUT2D eigenvalue weighted by Crippen LogP contribution is -2.17. The van der Waals surface area contributed by atoms with Crippen LogP contribution in [0.5, 0.6) is 0 Å². The molecule has 9 heteroatoms. The van der Waals surface area contributed by atoms with Crippen LogP contribution in [0.1, 0.15) is 29.7 Å². The second-order valence-corrected chi connectivity index (χ2v) is 10.7. The second-order valence-electron chi connectivity index (χ2n) is 9.12. The number of fused-ring (bicyclic) bond motifs is 2. The highest BCUT2D eigenvalue weighted by Gasteiger charge is 2.24. The normalized spacial score (nSPS) is 12.8. The molecule has 0 aliphatic rings. The maximum Gasteiger partial charge on any atom is 0.358 e. The van der Waals surface area contributed by atoms with Crippen molar-refractivity contribution >= 4 is 40.5 Å². The summed E-state index contributed by atoms with van der Waals surface area (Å²) in [7, 11) is -2.63. The Morgan fingerprint density at radius 1 is 1.08 bits per heavy atom. The molecule has 0 saturated carbocycles. The smallest absolute Gasteiger partial charge is 0.358 e. The minimum atomic E-state index is -4.48. The first-order chi connectivity index (χ1) is 17.0. The van der Waals surface area contributed by atoms with Crippen LogP contribution in [0.15, 0.2) is 70.0 Å². The maximum absolute atomic E-state index is 13.5. The topological polar surface area (TPSA) is 118 Å². The summed E-state index contributed by atoms with van der Waals surface area (Å²) < 4.78 is 20.2. The van der Waals surface area contributed by atoms with Crippen molar-refractivity contribution in [2.75, 3.05) is 5.32 Å². The summed E-state index contributed by atoms with van der Waals surface area (Å²) in [6.07, 6.45) is 1.91. The van der Waals surface area contributed by atoms with Gasteiger partial charge in [-0.05, 0) is 62.7 Å². The summed E-state index contributed by atoms with van der Waals surface area (Å²) in [5.41, 5.74) is 4.36. The third-order valence-electron chi connectivity index (χ3n) is 6.33. The third kappa shape index (κ3) is 4.24. The van der Waals surface area contributed by atoms with Crippen molar-refractivity contribution in [2.24, 2.45) is 7.05 Å². The van der Waals surface area contributed by atoms with Gasteiger partial charge in [0.05, 0.1) is 27.9 Å². The Bertz CT molecular complexity index is 1750. The summed E-state index contributed by atoms with van der Waals surface area (Å²) in [5, 5.41) is 8.93. The van der Waals surface area contributed by atoms with E-state index in [0.717, 1.165) is 22.0 Å². The predicted molar refractivity (Wildman–Crippen MR) is 142 cm³/mol. The number of hydrogen-bond donors (Lipinski definition) is 3. The first-order valence-electron chi connectivity index (χ1n) is 11.5. The number of hydrogen-bond acceptors (Lipinski definition) is 5. The lowest BCUT2D eigenvalue weighted by atomic mass is 9.98. The second kappa shape index (κ2) is 8.75. The average molecular weight is 503 g/mol. The van der Waals surface area contributed by atoms with Crippen LogP contribution in [0.2, 0.25) is 0 Å². The van der Waals surface area contributed by atoms with Gasteiger partial charge >= 0.3 is 7.60 Å². The van der Waals surface area contributed by atoms with Crippen molar-refractivity contribution in [3.05, 3.63) is 87.7 Å². The van der Waals surface area contributed by atoms with E-state index in [-0.39, 0.29) is 10.7 Å². The fourth-order valence-electron chi connectivity index (χ4n) is 4.62. The van der Waals surface area contributed by atoms with Crippen molar-refractivity contribution in [1.29, 1.82) is 0 Å². The van der Waals surface area contributed by atoms with E-state index in [9.17, 15) is 19.1 Å². The molecule has 0 aliphatic carbocycles. The molecule has 2 aromatic heterocycles. The van der Waals surface area contributed by atoms with Crippen molar-refractivity contribution in [1.82, 2.24) is 9.78 Å². The average Bonchev–Trinajstić information content (AvgIpc) is 3.20. The van der Waals surface area contributed by atoms with Crippen molar-refractivity contribution in [2.45, 2.75) is 26.8 Å². The number of nitrogens with one attached hydrogen (secondary N) is 1. The maximum atomic E-state index is 13.5. The molecule has 0 aliphatic heterocycles. The highest BCUT2D eigenvalue weighted by atomic mass is 31.2. The first kappa shape index (κ1) is 24.0. The molecule has 0 fully saturated rings. The van der Waals surface area contributed by atoms with Crippen molar-refractivity contribution in [3.63, 3.8) is 0 Å². The van der Waals surface area contributed by atoms with Gasteiger partial charge in [0.1, 0.15) is 11.3 Å². The van der Waals surface area contributed by atoms with Gasteiger partial charge in [-0.15, -0.1) is 0 Å². The van der Waals surface area contributed by atoms with Gasteiger partial charge in [-0.2, -0.15) is 5.10 Å². The number of benzene rings is 3. The molecule has 0 saturated heterocycles. The van der Waals surface area contributed by atoms with Gasteiger partial charge in [0.2, 0.25) is 0 Å². The van der Waals surface area contributed by atoms with E-state index in [1.54, 1.807) is 29.8 Å². The fourth-order valence-corrected chi connectivity index (χ4v) is 5.35. The third-order valence-corrected chi connectivity index (χ3v) is 7.35. The number of aryl methyl sites for hydroxylation is 2. The van der Waals surface area contributed by atoms with E-state index in [0.29, 0.717) is 33.5 Å². The van der Waals surface area contributed by atoms with Crippen LogP contribution < -0.4 is 16.1 Å². The Labute approximate surface area is 207 Å². The zero-order chi connectivity index (χ0) is 25.8. The van der Waals surface area contributed by atoms with Crippen LogP contribution in [0.3, 0.4) is 0 Å². The summed E-state index contributed by atoms with van der Waals surface area (Å²) in [6, 6.07) is 15.4. The highest BCUT2D eigenvalue weighted by molar-refractivity contribution is 7.60. The molecule has 3 N–H and O–H groups in total. The van der Waals surface area contributed by atoms with E-state index in [2.05, 4.69) is 10.4 Å². The molecule has 1 atom stereocenters. The Kier molecular flexibility index (Phi) is 5.83. The van der Waals surface area contributed by atoms with Gasteiger partial charge in [0, 0.05) is 35.3 Å². The molecule has 36 heavy (non-hydrogen) atoms. The number of aromatic nitrogens is 2. The lowest BCUT2D eigenvalue weighted by molar-refractivity contribution is 0.387. The Morgan fingerprint density at radius 3 is 2.58 bits per heavy atom. The van der Waals surface area contributed by atoms with Gasteiger partial charge in [-0.25, -0.2) is 0 Å². The number of nitrogens with zero attached hydrogens (tertiary/aromatic N) is 2. The Balaban J connectivity index is 1.67. The van der Waals surface area contributed by atoms with Crippen LogP contribution >= 0.6 is 7.60 Å². The van der Waals surface area contributed by atoms with Crippen LogP contribution in [0, 0.1) is 13.8 Å². The number of para-hydroxylation sites is 1. The zero-order valence-corrected chi connectivity index (χ0v) is 21.2. The van der Waals surface area contributed by atoms with Gasteiger partial charge in [-0.3, -0.25) is 14.0 Å². The molecular formula is C27H26N3O5P. The molecule has 5 aromatic rings. The zero-order valence-electron chi connectivity index (χ0n) is 20.3. The SMILES string of the molecule is Cc1cc(C(C)Nc2ccccc2P(=O)(O)O)c2oc(-c3ccc4nn(C)cc4c3)c(C)c(=O)c2c1. The van der Waals surface area contributed by atoms with Gasteiger partial charge in [-0.1, -0.05) is 18.2 Å². The molecule has 0 radical (unpaired) electrons. The molecule has 3 aromatic carbocycles. The first-order valence-corrected chi connectivity index (χ1v) is 13.1. The van der Waals surface area contributed by atoms with Gasteiger partial charge in [0.25, 0.3) is 0 Å². The molecule has 0 amide bonds. The molecule has 184 valence electrons. The summed E-state index contributed by atoms with van der Waals surface area (Å²) in [6.45, 7) is 5.53. The molecule has 5 rings (SSSR count). The van der Waals surface area contributed by atoms with Crippen LogP contribution in [0.25, 0.3) is 33.2 Å². The molecular weight excluding hydrogens is 477 g/mol. The number of rotatable bonds is 5. The highest BCUT2D eigenvalue weighted by Crippen LogP contribution is 2.38. The van der Waals surface area contributed by atoms with Crippen molar-refractivity contribution in [3.8, 4) is 11.3 Å². The predicted octanol–water partition coefficient (Wildman–Crippen LogP) is 4.94. The molecule has 8 nitrogen and oxygen atoms in total. The van der Waals surface area contributed by atoms with E-state index < -0.39 is 13.6 Å². The lowest BCUT2D eigenvalue weighted by Gasteiger charge is -2.21. The Morgan fingerprint density at radius 2 is 1.83 bits per heavy atom. The van der Waals surface area contributed by atoms with Crippen LogP contribution in [-0.2, 0) is 11.6 Å². The van der Waals surface area contributed by atoms with Crippen LogP contribution in [0.4, 0.5) is 5.69 Å². The van der Waals surface area contributed by atoms with E-state index in [1.165, 1.54) is 6.07 Å². The Hall–Kier alpha value is -3.71. The van der Waals surface area contributed by atoms with Gasteiger partial charge in [0.15, 0.2) is 5.43 Å². The summed E-state index contributed by atoms with van der Waals surface area (Å²) >= 11 is 0. The van der Waals surface area contributed by atoms with E-state index >= 15 is 0 Å². The molecule has 2 heterocycles. The molecule has 0 spiro atoms. The standard InChI is InChI=1S/C27H26N3O5P/c1-15-11-20(17(3)28-23-7-5-6-8-24(23)36(32,33)34)27-21(12-15)25(31)16(2)26(35-27)18-9-10-22-19(13-18)14-30(4)29-22/h5-14,17,28H,1-4H3,(H2,32,33,34). The number of anilines is 1. The van der Waals surface area contributed by atoms with Gasteiger partial charge < -0.3 is 19.5 Å². The quantitative estimate of drug-likeness (QED) is 0.291. The molecule has 0 bridgehead atoms. The monoisotopic (exact) mass is 503 g/mol. The van der Waals surface area contributed by atoms with Crippen molar-refractivity contribution < 1.29 is 18.8 Å². The van der Waals surface area contributed by atoms with E-state index in [4.69, 9.17) is 4.42 Å². The largest absolute Gasteiger partial charge is 0.455 e. The summed E-state index contributed by atoms with van der Waals surface area (Å²) in [4.78, 5) is 33.0. The fraction of sp³-hybridized carbons (Fsp3) is 0.185. The van der Waals surface area contributed by atoms with E-state index in [1.807, 2.05) is 57.4 Å². The summed E-state index contributed by atoms with van der Waals surface area (Å²) in [5.74, 6) is 0.478. The van der Waals surface area contributed by atoms with Crippen LogP contribution in [-0.4, -0.2) is 19.6 Å². The minimum absolute atomic E-state index is 0.0865.